The second kappa shape index (κ2) is 8.31. The average molecular weight is 415 g/mol. The Morgan fingerprint density at radius 2 is 1.71 bits per heavy atom. The van der Waals surface area contributed by atoms with Crippen LogP contribution in [0, 0.1) is 0 Å². The molecule has 0 unspecified atom stereocenters. The predicted molar refractivity (Wildman–Crippen MR) is 119 cm³/mol. The number of ether oxygens (including phenoxy) is 1. The van der Waals surface area contributed by atoms with Crippen LogP contribution in [0.5, 0.6) is 5.75 Å². The van der Waals surface area contributed by atoms with Crippen LogP contribution in [0.1, 0.15) is 28.9 Å². The molecule has 1 heterocycles. The van der Waals surface area contributed by atoms with Crippen LogP contribution >= 0.6 is 0 Å². The van der Waals surface area contributed by atoms with E-state index >= 15 is 0 Å². The van der Waals surface area contributed by atoms with E-state index in [0.29, 0.717) is 27.9 Å². The highest BCUT2D eigenvalue weighted by Crippen LogP contribution is 2.24. The lowest BCUT2D eigenvalue weighted by Crippen LogP contribution is -2.33. The first kappa shape index (κ1) is 20.2. The Hall–Kier alpha value is -4.13. The van der Waals surface area contributed by atoms with Gasteiger partial charge in [-0.3, -0.25) is 9.59 Å². The van der Waals surface area contributed by atoms with Gasteiger partial charge < -0.3 is 15.0 Å². The van der Waals surface area contributed by atoms with Gasteiger partial charge >= 0.3 is 5.69 Å². The van der Waals surface area contributed by atoms with E-state index in [9.17, 15) is 14.4 Å². The number of aromatic amines is 1. The summed E-state index contributed by atoms with van der Waals surface area (Å²) in [5.74, 6) is 0.355. The van der Waals surface area contributed by atoms with Crippen LogP contribution in [0.15, 0.2) is 82.4 Å². The molecule has 7 nitrogen and oxygen atoms in total. The number of fused-ring (bicyclic) bond motifs is 1. The molecule has 0 bridgehead atoms. The zero-order valence-corrected chi connectivity index (χ0v) is 17.1. The number of H-pyrrole nitrogens is 1. The number of hydrogen-bond acceptors (Lipinski definition) is 4. The number of nitrogens with zero attached hydrogens (tertiary/aromatic N) is 1. The molecule has 31 heavy (non-hydrogen) atoms. The van der Waals surface area contributed by atoms with Crippen LogP contribution in [0.3, 0.4) is 0 Å². The van der Waals surface area contributed by atoms with Crippen LogP contribution in [-0.4, -0.2) is 22.6 Å². The third-order valence-corrected chi connectivity index (χ3v) is 5.13. The summed E-state index contributed by atoms with van der Waals surface area (Å²) in [6.07, 6.45) is 0. The van der Waals surface area contributed by atoms with Crippen LogP contribution in [0.2, 0.25) is 0 Å². The summed E-state index contributed by atoms with van der Waals surface area (Å²) in [5.41, 5.74) is 0.950. The van der Waals surface area contributed by atoms with E-state index in [0.717, 1.165) is 10.1 Å². The Morgan fingerprint density at radius 1 is 1.00 bits per heavy atom. The van der Waals surface area contributed by atoms with Gasteiger partial charge in [0, 0.05) is 11.1 Å². The van der Waals surface area contributed by atoms with Gasteiger partial charge in [0.1, 0.15) is 5.75 Å². The predicted octanol–water partition coefficient (Wildman–Crippen LogP) is 3.18. The number of benzene rings is 3. The van der Waals surface area contributed by atoms with E-state index in [1.807, 2.05) is 31.2 Å². The van der Waals surface area contributed by atoms with Gasteiger partial charge in [0.05, 0.1) is 29.7 Å². The molecule has 0 aliphatic carbocycles. The Labute approximate surface area is 177 Å². The normalized spacial score (nSPS) is 11.8. The molecule has 3 aromatic carbocycles. The number of nitrogens with one attached hydrogen (secondary N) is 2. The minimum atomic E-state index is -0.566. The van der Waals surface area contributed by atoms with Crippen molar-refractivity contribution in [3.05, 3.63) is 105 Å². The summed E-state index contributed by atoms with van der Waals surface area (Å²) in [5, 5.41) is 3.24. The largest absolute Gasteiger partial charge is 0.496 e. The molecule has 0 radical (unpaired) electrons. The molecule has 1 aromatic heterocycles. The average Bonchev–Trinajstić information content (AvgIpc) is 2.79. The first-order chi connectivity index (χ1) is 15.0. The molecule has 0 saturated carbocycles. The van der Waals surface area contributed by atoms with Crippen molar-refractivity contribution < 1.29 is 9.53 Å². The van der Waals surface area contributed by atoms with Gasteiger partial charge in [-0.05, 0) is 43.3 Å². The van der Waals surface area contributed by atoms with Crippen LogP contribution in [-0.2, 0) is 0 Å². The zero-order valence-electron chi connectivity index (χ0n) is 17.1. The molecular formula is C24H21N3O4. The summed E-state index contributed by atoms with van der Waals surface area (Å²) >= 11 is 0. The summed E-state index contributed by atoms with van der Waals surface area (Å²) in [7, 11) is 1.58. The molecular weight excluding hydrogens is 394 g/mol. The molecule has 0 aliphatic rings. The van der Waals surface area contributed by atoms with Gasteiger partial charge in [-0.15, -0.1) is 0 Å². The number of hydrogen-bond donors (Lipinski definition) is 2. The number of aromatic nitrogens is 2. The van der Waals surface area contributed by atoms with E-state index in [1.165, 1.54) is 6.07 Å². The standard InChI is InChI=1S/C24H21N3O4/c1-15(18-10-6-7-11-21(18)31-2)25-22(28)16-12-13-19-20(14-16)26-24(30)27(23(19)29)17-8-4-3-5-9-17/h3-15H,1-2H3,(H,25,28)(H,26,30)/t15-/m0/s1. The molecule has 4 aromatic rings. The molecule has 1 atom stereocenters. The summed E-state index contributed by atoms with van der Waals surface area (Å²) in [6.45, 7) is 1.86. The Bertz CT molecular complexity index is 1370. The van der Waals surface area contributed by atoms with Crippen molar-refractivity contribution in [2.24, 2.45) is 0 Å². The number of rotatable bonds is 5. The lowest BCUT2D eigenvalue weighted by atomic mass is 10.1. The van der Waals surface area contributed by atoms with Crippen LogP contribution < -0.4 is 21.3 Å². The van der Waals surface area contributed by atoms with Crippen molar-refractivity contribution in [3.63, 3.8) is 0 Å². The quantitative estimate of drug-likeness (QED) is 0.524. The molecule has 0 fully saturated rings. The SMILES string of the molecule is COc1ccccc1[C@H](C)NC(=O)c1ccc2c(=O)n(-c3ccccc3)c(=O)[nH]c2c1. The Balaban J connectivity index is 1.67. The summed E-state index contributed by atoms with van der Waals surface area (Å²) < 4.78 is 6.43. The van der Waals surface area contributed by atoms with Gasteiger partial charge in [0.15, 0.2) is 0 Å². The maximum atomic E-state index is 12.9. The maximum Gasteiger partial charge on any atom is 0.333 e. The fourth-order valence-electron chi connectivity index (χ4n) is 3.55. The lowest BCUT2D eigenvalue weighted by molar-refractivity contribution is 0.0939. The third-order valence-electron chi connectivity index (χ3n) is 5.13. The summed E-state index contributed by atoms with van der Waals surface area (Å²) in [6, 6.07) is 20.5. The topological polar surface area (TPSA) is 93.2 Å². The van der Waals surface area contributed by atoms with Gasteiger partial charge in [0.2, 0.25) is 0 Å². The van der Waals surface area contributed by atoms with Crippen molar-refractivity contribution in [2.75, 3.05) is 7.11 Å². The van der Waals surface area contributed by atoms with Crippen molar-refractivity contribution >= 4 is 16.8 Å². The molecule has 0 spiro atoms. The number of para-hydroxylation sites is 2. The van der Waals surface area contributed by atoms with Crippen molar-refractivity contribution in [3.8, 4) is 11.4 Å². The minimum Gasteiger partial charge on any atom is -0.496 e. The molecule has 0 saturated heterocycles. The molecule has 0 aliphatic heterocycles. The fraction of sp³-hybridized carbons (Fsp3) is 0.125. The van der Waals surface area contributed by atoms with Gasteiger partial charge in [-0.25, -0.2) is 9.36 Å². The molecule has 1 amide bonds. The number of amides is 1. The van der Waals surface area contributed by atoms with E-state index in [-0.39, 0.29) is 11.9 Å². The van der Waals surface area contributed by atoms with Crippen molar-refractivity contribution in [2.45, 2.75) is 13.0 Å². The number of carbonyl (C=O) groups is 1. The van der Waals surface area contributed by atoms with E-state index in [2.05, 4.69) is 10.3 Å². The Morgan fingerprint density at radius 3 is 2.45 bits per heavy atom. The highest BCUT2D eigenvalue weighted by Gasteiger charge is 2.16. The second-order valence-electron chi connectivity index (χ2n) is 7.10. The van der Waals surface area contributed by atoms with Gasteiger partial charge in [0.25, 0.3) is 11.5 Å². The van der Waals surface area contributed by atoms with Gasteiger partial charge in [-0.2, -0.15) is 0 Å². The molecule has 7 heteroatoms. The van der Waals surface area contributed by atoms with Gasteiger partial charge in [-0.1, -0.05) is 36.4 Å². The molecule has 2 N–H and O–H groups in total. The Kier molecular flexibility index (Phi) is 5.41. The molecule has 4 rings (SSSR count). The summed E-state index contributed by atoms with van der Waals surface area (Å²) in [4.78, 5) is 41.0. The lowest BCUT2D eigenvalue weighted by Gasteiger charge is -2.17. The first-order valence-electron chi connectivity index (χ1n) is 9.78. The van der Waals surface area contributed by atoms with E-state index < -0.39 is 11.2 Å². The first-order valence-corrected chi connectivity index (χ1v) is 9.78. The highest BCUT2D eigenvalue weighted by molar-refractivity contribution is 5.97. The fourth-order valence-corrected chi connectivity index (χ4v) is 3.55. The number of methoxy groups -OCH3 is 1. The van der Waals surface area contributed by atoms with Crippen LogP contribution in [0.25, 0.3) is 16.6 Å². The minimum absolute atomic E-state index is 0.301. The van der Waals surface area contributed by atoms with Crippen molar-refractivity contribution in [1.82, 2.24) is 14.9 Å². The zero-order chi connectivity index (χ0) is 22.0. The third kappa shape index (κ3) is 3.85. The maximum absolute atomic E-state index is 12.9. The van der Waals surface area contributed by atoms with Crippen LogP contribution in [0.4, 0.5) is 0 Å². The monoisotopic (exact) mass is 415 g/mol. The smallest absolute Gasteiger partial charge is 0.333 e. The molecule has 156 valence electrons. The highest BCUT2D eigenvalue weighted by atomic mass is 16.5. The second-order valence-corrected chi connectivity index (χ2v) is 7.10. The van der Waals surface area contributed by atoms with E-state index in [4.69, 9.17) is 4.74 Å². The number of carbonyl (C=O) groups excluding carboxylic acids is 1. The van der Waals surface area contributed by atoms with Crippen molar-refractivity contribution in [1.29, 1.82) is 0 Å². The van der Waals surface area contributed by atoms with E-state index in [1.54, 1.807) is 49.6 Å².